The molecule has 0 bridgehead atoms. The molecule has 2 saturated heterocycles. The van der Waals surface area contributed by atoms with E-state index in [2.05, 4.69) is 21.2 Å². The molecule has 2 aromatic rings. The second kappa shape index (κ2) is 11.8. The van der Waals surface area contributed by atoms with Crippen LogP contribution < -0.4 is 10.1 Å². The van der Waals surface area contributed by atoms with Gasteiger partial charge in [0.1, 0.15) is 5.75 Å². The molecule has 0 unspecified atom stereocenters. The van der Waals surface area contributed by atoms with Crippen molar-refractivity contribution < 1.29 is 24.5 Å². The predicted octanol–water partition coefficient (Wildman–Crippen LogP) is 2.30. The lowest BCUT2D eigenvalue weighted by Gasteiger charge is -2.37. The molecule has 2 heterocycles. The van der Waals surface area contributed by atoms with Gasteiger partial charge >= 0.3 is 0 Å². The smallest absolute Gasteiger partial charge is 0.253 e. The Morgan fingerprint density at radius 3 is 2.39 bits per heavy atom. The van der Waals surface area contributed by atoms with Crippen molar-refractivity contribution in [1.82, 2.24) is 20.0 Å². The van der Waals surface area contributed by atoms with Crippen molar-refractivity contribution >= 4 is 23.4 Å². The van der Waals surface area contributed by atoms with Crippen molar-refractivity contribution in [3.8, 4) is 17.2 Å². The minimum atomic E-state index is -0.502. The number of piperidine rings is 1. The van der Waals surface area contributed by atoms with Gasteiger partial charge in [0.15, 0.2) is 11.5 Å². The van der Waals surface area contributed by atoms with E-state index in [1.807, 2.05) is 23.1 Å². The number of rotatable bonds is 7. The summed E-state index contributed by atoms with van der Waals surface area (Å²) in [5, 5.41) is 22.0. The number of piperazine rings is 1. The third-order valence-corrected chi connectivity index (χ3v) is 7.32. The summed E-state index contributed by atoms with van der Waals surface area (Å²) in [6.45, 7) is 5.67. The van der Waals surface area contributed by atoms with E-state index in [1.165, 1.54) is 12.1 Å². The van der Waals surface area contributed by atoms with Crippen LogP contribution in [0.25, 0.3) is 0 Å². The minimum absolute atomic E-state index is 0.0469. The van der Waals surface area contributed by atoms with Gasteiger partial charge in [-0.2, -0.15) is 0 Å². The number of phenols is 2. The normalized spacial score (nSPS) is 17.7. The van der Waals surface area contributed by atoms with Crippen molar-refractivity contribution in [2.45, 2.75) is 25.4 Å². The molecule has 2 fully saturated rings. The standard InChI is InChI=1S/C26H33ClN4O5/c1-36-22-5-3-2-4-18(22)16-30-12-14-31(15-13-30)23(33)17-29-10-8-19(9-11-29)28-26(35)20-6-7-21(32)25(34)24(20)27/h2-7,19,32,34H,8-17H2,1H3,(H,28,35). The molecule has 2 aliphatic heterocycles. The predicted molar refractivity (Wildman–Crippen MR) is 137 cm³/mol. The minimum Gasteiger partial charge on any atom is -0.504 e. The largest absolute Gasteiger partial charge is 0.504 e. The van der Waals surface area contributed by atoms with Crippen LogP contribution in [0.5, 0.6) is 17.2 Å². The zero-order chi connectivity index (χ0) is 25.7. The summed E-state index contributed by atoms with van der Waals surface area (Å²) in [5.74, 6) is -0.234. The maximum atomic E-state index is 12.9. The fourth-order valence-corrected chi connectivity index (χ4v) is 5.00. The molecule has 10 heteroatoms. The van der Waals surface area contributed by atoms with E-state index in [9.17, 15) is 19.8 Å². The van der Waals surface area contributed by atoms with Crippen LogP contribution >= 0.6 is 11.6 Å². The number of halogens is 1. The van der Waals surface area contributed by atoms with E-state index in [-0.39, 0.29) is 28.3 Å². The van der Waals surface area contributed by atoms with Crippen molar-refractivity contribution in [1.29, 1.82) is 0 Å². The summed E-state index contributed by atoms with van der Waals surface area (Å²) >= 11 is 6.00. The van der Waals surface area contributed by atoms with E-state index in [4.69, 9.17) is 16.3 Å². The topological polar surface area (TPSA) is 106 Å². The maximum absolute atomic E-state index is 12.9. The number of phenolic OH excluding ortho intramolecular Hbond substituents is 2. The van der Waals surface area contributed by atoms with Gasteiger partial charge in [-0.05, 0) is 31.0 Å². The zero-order valence-electron chi connectivity index (χ0n) is 20.5. The molecule has 2 amide bonds. The number of carbonyl (C=O) groups is 2. The average Bonchev–Trinajstić information content (AvgIpc) is 2.89. The Kier molecular flexibility index (Phi) is 8.56. The monoisotopic (exact) mass is 516 g/mol. The highest BCUT2D eigenvalue weighted by Crippen LogP contribution is 2.35. The highest BCUT2D eigenvalue weighted by atomic mass is 35.5. The molecule has 0 radical (unpaired) electrons. The van der Waals surface area contributed by atoms with Crippen LogP contribution in [0.3, 0.4) is 0 Å². The number of amides is 2. The molecule has 36 heavy (non-hydrogen) atoms. The number of carbonyl (C=O) groups excluding carboxylic acids is 2. The number of aromatic hydroxyl groups is 2. The van der Waals surface area contributed by atoms with E-state index in [0.29, 0.717) is 45.6 Å². The number of nitrogens with zero attached hydrogens (tertiary/aromatic N) is 3. The number of hydrogen-bond acceptors (Lipinski definition) is 7. The number of para-hydroxylation sites is 1. The highest BCUT2D eigenvalue weighted by Gasteiger charge is 2.27. The number of methoxy groups -OCH3 is 1. The molecule has 0 saturated carbocycles. The molecule has 0 aliphatic carbocycles. The highest BCUT2D eigenvalue weighted by molar-refractivity contribution is 6.35. The van der Waals surface area contributed by atoms with Crippen molar-refractivity contribution in [3.05, 3.63) is 52.5 Å². The molecule has 3 N–H and O–H groups in total. The molecule has 194 valence electrons. The summed E-state index contributed by atoms with van der Waals surface area (Å²) in [6, 6.07) is 10.6. The SMILES string of the molecule is COc1ccccc1CN1CCN(C(=O)CN2CCC(NC(=O)c3ccc(O)c(O)c3Cl)CC2)CC1. The van der Waals surface area contributed by atoms with Crippen LogP contribution in [0, 0.1) is 0 Å². The van der Waals surface area contributed by atoms with Crippen molar-refractivity contribution in [3.63, 3.8) is 0 Å². The molecule has 2 aliphatic rings. The summed E-state index contributed by atoms with van der Waals surface area (Å²) < 4.78 is 5.45. The number of nitrogens with one attached hydrogen (secondary N) is 1. The molecular weight excluding hydrogens is 484 g/mol. The molecule has 0 spiro atoms. The molecule has 2 aromatic carbocycles. The van der Waals surface area contributed by atoms with Crippen molar-refractivity contribution in [2.75, 3.05) is 52.9 Å². The van der Waals surface area contributed by atoms with Crippen LogP contribution in [0.4, 0.5) is 0 Å². The van der Waals surface area contributed by atoms with E-state index in [1.54, 1.807) is 7.11 Å². The first-order valence-corrected chi connectivity index (χ1v) is 12.6. The summed E-state index contributed by atoms with van der Waals surface area (Å²) in [5.41, 5.74) is 1.27. The van der Waals surface area contributed by atoms with Crippen molar-refractivity contribution in [2.24, 2.45) is 0 Å². The second-order valence-corrected chi connectivity index (χ2v) is 9.67. The lowest BCUT2D eigenvalue weighted by Crippen LogP contribution is -2.52. The molecule has 9 nitrogen and oxygen atoms in total. The Morgan fingerprint density at radius 2 is 1.69 bits per heavy atom. The zero-order valence-corrected chi connectivity index (χ0v) is 21.2. The number of ether oxygens (including phenoxy) is 1. The van der Waals surface area contributed by atoms with Crippen LogP contribution in [-0.4, -0.2) is 95.7 Å². The average molecular weight is 517 g/mol. The van der Waals surface area contributed by atoms with Gasteiger partial charge < -0.3 is 25.2 Å². The van der Waals surface area contributed by atoms with Gasteiger partial charge in [-0.15, -0.1) is 0 Å². The summed E-state index contributed by atoms with van der Waals surface area (Å²) in [7, 11) is 1.68. The quantitative estimate of drug-likeness (QED) is 0.485. The molecule has 0 aromatic heterocycles. The third-order valence-electron chi connectivity index (χ3n) is 6.93. The first kappa shape index (κ1) is 26.1. The molecule has 0 atom stereocenters. The van der Waals surface area contributed by atoms with Gasteiger partial charge in [0.25, 0.3) is 5.91 Å². The second-order valence-electron chi connectivity index (χ2n) is 9.29. The first-order valence-electron chi connectivity index (χ1n) is 12.2. The van der Waals surface area contributed by atoms with Gasteiger partial charge in [-0.3, -0.25) is 19.4 Å². The van der Waals surface area contributed by atoms with Gasteiger partial charge in [0.2, 0.25) is 5.91 Å². The Balaban J connectivity index is 1.19. The number of likely N-dealkylation sites (tertiary alicyclic amines) is 1. The number of hydrogen-bond donors (Lipinski definition) is 3. The Labute approximate surface area is 216 Å². The maximum Gasteiger partial charge on any atom is 0.253 e. The number of benzene rings is 2. The van der Waals surface area contributed by atoms with Gasteiger partial charge in [-0.25, -0.2) is 0 Å². The summed E-state index contributed by atoms with van der Waals surface area (Å²) in [6.07, 6.45) is 1.43. The summed E-state index contributed by atoms with van der Waals surface area (Å²) in [4.78, 5) is 31.9. The fraction of sp³-hybridized carbons (Fsp3) is 0.462. The van der Waals surface area contributed by atoms with Crippen LogP contribution in [0.1, 0.15) is 28.8 Å². The van der Waals surface area contributed by atoms with Gasteiger partial charge in [-0.1, -0.05) is 29.8 Å². The lowest BCUT2D eigenvalue weighted by molar-refractivity contribution is -0.134. The van der Waals surface area contributed by atoms with Crippen LogP contribution in [0.2, 0.25) is 5.02 Å². The van der Waals surface area contributed by atoms with E-state index in [0.717, 1.165) is 30.9 Å². The third kappa shape index (κ3) is 6.21. The van der Waals surface area contributed by atoms with Gasteiger partial charge in [0.05, 0.1) is 24.2 Å². The Bertz CT molecular complexity index is 1080. The Morgan fingerprint density at radius 1 is 1.00 bits per heavy atom. The fourth-order valence-electron chi connectivity index (χ4n) is 4.75. The molecule has 4 rings (SSSR count). The molecular formula is C26H33ClN4O5. The van der Waals surface area contributed by atoms with E-state index < -0.39 is 11.7 Å². The van der Waals surface area contributed by atoms with E-state index >= 15 is 0 Å². The van der Waals surface area contributed by atoms with Crippen LogP contribution in [0.15, 0.2) is 36.4 Å². The Hall–Kier alpha value is -3.01. The lowest BCUT2D eigenvalue weighted by atomic mass is 10.0. The first-order chi connectivity index (χ1) is 17.4. The van der Waals surface area contributed by atoms with Crippen LogP contribution in [-0.2, 0) is 11.3 Å². The van der Waals surface area contributed by atoms with Gasteiger partial charge in [0, 0.05) is 57.4 Å².